The molecule has 0 aromatic carbocycles. The zero-order valence-corrected chi connectivity index (χ0v) is 9.75. The Hall–Kier alpha value is -0.570. The van der Waals surface area contributed by atoms with Crippen LogP contribution in [-0.2, 0) is 4.79 Å². The third-order valence-electron chi connectivity index (χ3n) is 2.56. The van der Waals surface area contributed by atoms with Gasteiger partial charge in [-0.1, -0.05) is 26.7 Å². The van der Waals surface area contributed by atoms with Crippen LogP contribution in [0.1, 0.15) is 46.5 Å². The first-order valence-electron chi connectivity index (χ1n) is 5.66. The van der Waals surface area contributed by atoms with E-state index in [0.29, 0.717) is 0 Å². The van der Waals surface area contributed by atoms with E-state index in [4.69, 9.17) is 5.73 Å². The summed E-state index contributed by atoms with van der Waals surface area (Å²) in [7, 11) is 0. The third-order valence-corrected chi connectivity index (χ3v) is 2.56. The Kier molecular flexibility index (Phi) is 7.48. The van der Waals surface area contributed by atoms with Crippen LogP contribution in [0.4, 0.5) is 0 Å². The summed E-state index contributed by atoms with van der Waals surface area (Å²) in [4.78, 5) is 13.2. The van der Waals surface area contributed by atoms with Crippen molar-refractivity contribution in [2.24, 2.45) is 5.73 Å². The first kappa shape index (κ1) is 13.4. The molecular formula is C11H24N2O. The second kappa shape index (κ2) is 7.80. The summed E-state index contributed by atoms with van der Waals surface area (Å²) in [5, 5.41) is 0. The summed E-state index contributed by atoms with van der Waals surface area (Å²) in [6.45, 7) is 8.19. The van der Waals surface area contributed by atoms with Crippen molar-refractivity contribution in [2.45, 2.75) is 52.5 Å². The van der Waals surface area contributed by atoms with Gasteiger partial charge in [-0.3, -0.25) is 9.69 Å². The maximum Gasteiger partial charge on any atom is 0.234 e. The fourth-order valence-electron chi connectivity index (χ4n) is 1.40. The minimum Gasteiger partial charge on any atom is -0.368 e. The van der Waals surface area contributed by atoms with Gasteiger partial charge in [0.05, 0.1) is 6.04 Å². The van der Waals surface area contributed by atoms with E-state index >= 15 is 0 Å². The largest absolute Gasteiger partial charge is 0.368 e. The molecule has 0 saturated carbocycles. The molecule has 0 aromatic rings. The highest BCUT2D eigenvalue weighted by Crippen LogP contribution is 2.04. The van der Waals surface area contributed by atoms with Crippen LogP contribution in [-0.4, -0.2) is 29.9 Å². The fourth-order valence-corrected chi connectivity index (χ4v) is 1.40. The van der Waals surface area contributed by atoms with E-state index in [1.54, 1.807) is 0 Å². The minimum absolute atomic E-state index is 0.118. The summed E-state index contributed by atoms with van der Waals surface area (Å²) in [5.41, 5.74) is 5.30. The van der Waals surface area contributed by atoms with Crippen molar-refractivity contribution in [1.29, 1.82) is 0 Å². The van der Waals surface area contributed by atoms with E-state index in [1.807, 2.05) is 6.92 Å². The van der Waals surface area contributed by atoms with E-state index in [1.165, 1.54) is 0 Å². The van der Waals surface area contributed by atoms with Crippen LogP contribution in [0.3, 0.4) is 0 Å². The maximum atomic E-state index is 11.0. The molecule has 0 aliphatic rings. The van der Waals surface area contributed by atoms with Crippen molar-refractivity contribution in [3.05, 3.63) is 0 Å². The lowest BCUT2D eigenvalue weighted by Gasteiger charge is -2.26. The van der Waals surface area contributed by atoms with Crippen LogP contribution < -0.4 is 5.73 Å². The quantitative estimate of drug-likeness (QED) is 0.649. The molecule has 1 atom stereocenters. The topological polar surface area (TPSA) is 46.3 Å². The van der Waals surface area contributed by atoms with Gasteiger partial charge < -0.3 is 5.73 Å². The number of hydrogen-bond acceptors (Lipinski definition) is 2. The highest BCUT2D eigenvalue weighted by molar-refractivity contribution is 5.79. The van der Waals surface area contributed by atoms with Crippen LogP contribution in [0, 0.1) is 0 Å². The predicted octanol–water partition coefficient (Wildman–Crippen LogP) is 1.76. The third kappa shape index (κ3) is 5.22. The van der Waals surface area contributed by atoms with E-state index in [9.17, 15) is 4.79 Å². The van der Waals surface area contributed by atoms with Gasteiger partial charge in [0.2, 0.25) is 5.91 Å². The molecule has 0 radical (unpaired) electrons. The smallest absolute Gasteiger partial charge is 0.234 e. The van der Waals surface area contributed by atoms with E-state index < -0.39 is 0 Å². The van der Waals surface area contributed by atoms with E-state index in [0.717, 1.165) is 38.8 Å². The van der Waals surface area contributed by atoms with Crippen LogP contribution in [0.25, 0.3) is 0 Å². The zero-order valence-electron chi connectivity index (χ0n) is 9.75. The first-order valence-corrected chi connectivity index (χ1v) is 5.66. The van der Waals surface area contributed by atoms with Gasteiger partial charge in [0.25, 0.3) is 0 Å². The summed E-state index contributed by atoms with van der Waals surface area (Å²) in [6, 6.07) is -0.118. The molecule has 1 amide bonds. The zero-order chi connectivity index (χ0) is 11.0. The molecule has 0 bridgehead atoms. The van der Waals surface area contributed by atoms with Gasteiger partial charge in [0, 0.05) is 0 Å². The summed E-state index contributed by atoms with van der Waals surface area (Å²) in [6.07, 6.45) is 4.60. The van der Waals surface area contributed by atoms with Crippen molar-refractivity contribution >= 4 is 5.91 Å². The van der Waals surface area contributed by atoms with Gasteiger partial charge in [-0.25, -0.2) is 0 Å². The molecule has 0 heterocycles. The van der Waals surface area contributed by atoms with Crippen LogP contribution in [0.15, 0.2) is 0 Å². The van der Waals surface area contributed by atoms with Crippen molar-refractivity contribution < 1.29 is 4.79 Å². The Balaban J connectivity index is 4.01. The normalized spacial score (nSPS) is 13.1. The molecule has 1 unspecified atom stereocenters. The van der Waals surface area contributed by atoms with Gasteiger partial charge in [-0.2, -0.15) is 0 Å². The highest BCUT2D eigenvalue weighted by atomic mass is 16.1. The first-order chi connectivity index (χ1) is 6.63. The molecule has 3 nitrogen and oxygen atoms in total. The summed E-state index contributed by atoms with van der Waals surface area (Å²) < 4.78 is 0. The van der Waals surface area contributed by atoms with Crippen molar-refractivity contribution in [3.8, 4) is 0 Å². The van der Waals surface area contributed by atoms with Gasteiger partial charge in [-0.15, -0.1) is 0 Å². The average Bonchev–Trinajstić information content (AvgIpc) is 2.17. The molecule has 0 aliphatic heterocycles. The highest BCUT2D eigenvalue weighted by Gasteiger charge is 2.17. The number of primary amides is 1. The Morgan fingerprint density at radius 3 is 1.93 bits per heavy atom. The van der Waals surface area contributed by atoms with Gasteiger partial charge in [-0.05, 0) is 32.9 Å². The van der Waals surface area contributed by atoms with Crippen LogP contribution >= 0.6 is 0 Å². The Bertz CT molecular complexity index is 151. The van der Waals surface area contributed by atoms with Gasteiger partial charge in [0.1, 0.15) is 0 Å². The lowest BCUT2D eigenvalue weighted by molar-refractivity contribution is -0.122. The lowest BCUT2D eigenvalue weighted by Crippen LogP contribution is -2.43. The number of carbonyl (C=O) groups excluding carboxylic acids is 1. The number of nitrogens with zero attached hydrogens (tertiary/aromatic N) is 1. The van der Waals surface area contributed by atoms with Crippen LogP contribution in [0.5, 0.6) is 0 Å². The molecular weight excluding hydrogens is 176 g/mol. The molecule has 2 N–H and O–H groups in total. The molecule has 0 fully saturated rings. The van der Waals surface area contributed by atoms with E-state index in [2.05, 4.69) is 18.7 Å². The maximum absolute atomic E-state index is 11.0. The second-order valence-electron chi connectivity index (χ2n) is 3.82. The molecule has 0 saturated heterocycles. The average molecular weight is 200 g/mol. The number of carbonyl (C=O) groups is 1. The predicted molar refractivity (Wildman–Crippen MR) is 60.0 cm³/mol. The standard InChI is InChI=1S/C11H24N2O/c1-4-6-8-13(9-7-5-2)10(3)11(12)14/h10H,4-9H2,1-3H3,(H2,12,14). The lowest BCUT2D eigenvalue weighted by atomic mass is 10.2. The SMILES string of the molecule is CCCCN(CCCC)C(C)C(N)=O. The number of nitrogens with two attached hydrogens (primary N) is 1. The van der Waals surface area contributed by atoms with Crippen molar-refractivity contribution in [2.75, 3.05) is 13.1 Å². The number of amides is 1. The van der Waals surface area contributed by atoms with Crippen LogP contribution in [0.2, 0.25) is 0 Å². The molecule has 0 aliphatic carbocycles. The van der Waals surface area contributed by atoms with Gasteiger partial charge >= 0.3 is 0 Å². The van der Waals surface area contributed by atoms with Crippen molar-refractivity contribution in [3.63, 3.8) is 0 Å². The summed E-state index contributed by atoms with van der Waals surface area (Å²) >= 11 is 0. The molecule has 0 aromatic heterocycles. The van der Waals surface area contributed by atoms with Gasteiger partial charge in [0.15, 0.2) is 0 Å². The number of unbranched alkanes of at least 4 members (excludes halogenated alkanes) is 2. The fraction of sp³-hybridized carbons (Fsp3) is 0.909. The second-order valence-corrected chi connectivity index (χ2v) is 3.82. The molecule has 0 rings (SSSR count). The minimum atomic E-state index is -0.211. The number of rotatable bonds is 8. The van der Waals surface area contributed by atoms with E-state index in [-0.39, 0.29) is 11.9 Å². The Morgan fingerprint density at radius 2 is 1.64 bits per heavy atom. The monoisotopic (exact) mass is 200 g/mol. The Morgan fingerprint density at radius 1 is 1.21 bits per heavy atom. The molecule has 3 heteroatoms. The van der Waals surface area contributed by atoms with Crippen molar-refractivity contribution in [1.82, 2.24) is 4.90 Å². The number of hydrogen-bond donors (Lipinski definition) is 1. The Labute approximate surface area is 87.6 Å². The molecule has 0 spiro atoms. The molecule has 14 heavy (non-hydrogen) atoms. The molecule has 84 valence electrons. The summed E-state index contributed by atoms with van der Waals surface area (Å²) in [5.74, 6) is -0.211.